The summed E-state index contributed by atoms with van der Waals surface area (Å²) in [7, 11) is 1.76. The van der Waals surface area contributed by atoms with Crippen LogP contribution in [0.1, 0.15) is 10.4 Å². The molecule has 0 atom stereocenters. The standard InChI is InChI=1S/C10H9N3O2/c1-13-8-4-6(9(14)10(11)15)2-3-7(8)5-12-13/h2-5H,1H3,(H2,11,15). The van der Waals surface area contributed by atoms with Crippen LogP contribution in [0.2, 0.25) is 0 Å². The fourth-order valence-corrected chi connectivity index (χ4v) is 1.43. The predicted molar refractivity (Wildman–Crippen MR) is 54.2 cm³/mol. The number of aromatic nitrogens is 2. The van der Waals surface area contributed by atoms with Crippen molar-refractivity contribution in [3.63, 3.8) is 0 Å². The summed E-state index contributed by atoms with van der Waals surface area (Å²) in [6.07, 6.45) is 1.69. The Balaban J connectivity index is 2.59. The lowest BCUT2D eigenvalue weighted by molar-refractivity contribution is -0.114. The topological polar surface area (TPSA) is 78.0 Å². The van der Waals surface area contributed by atoms with Crippen molar-refractivity contribution in [2.24, 2.45) is 12.8 Å². The number of nitrogens with zero attached hydrogens (tertiary/aromatic N) is 2. The van der Waals surface area contributed by atoms with Crippen molar-refractivity contribution in [3.8, 4) is 0 Å². The van der Waals surface area contributed by atoms with Crippen molar-refractivity contribution in [1.82, 2.24) is 9.78 Å². The third kappa shape index (κ3) is 1.48. The van der Waals surface area contributed by atoms with E-state index in [-0.39, 0.29) is 0 Å². The summed E-state index contributed by atoms with van der Waals surface area (Å²) in [5.74, 6) is -1.63. The first-order valence-electron chi connectivity index (χ1n) is 4.35. The van der Waals surface area contributed by atoms with Gasteiger partial charge in [-0.05, 0) is 6.07 Å². The van der Waals surface area contributed by atoms with E-state index in [0.717, 1.165) is 10.9 Å². The number of hydrogen-bond donors (Lipinski definition) is 1. The van der Waals surface area contributed by atoms with Crippen LogP contribution in [0.3, 0.4) is 0 Å². The number of primary amides is 1. The minimum Gasteiger partial charge on any atom is -0.363 e. The molecule has 0 aliphatic heterocycles. The fourth-order valence-electron chi connectivity index (χ4n) is 1.43. The summed E-state index contributed by atoms with van der Waals surface area (Å²) in [6, 6.07) is 4.91. The number of rotatable bonds is 2. The van der Waals surface area contributed by atoms with Crippen molar-refractivity contribution in [2.45, 2.75) is 0 Å². The van der Waals surface area contributed by atoms with E-state index < -0.39 is 11.7 Å². The quantitative estimate of drug-likeness (QED) is 0.561. The van der Waals surface area contributed by atoms with Crippen molar-refractivity contribution >= 4 is 22.6 Å². The minimum absolute atomic E-state index is 0.290. The zero-order valence-electron chi connectivity index (χ0n) is 8.10. The normalized spacial score (nSPS) is 10.5. The predicted octanol–water partition coefficient (Wildman–Crippen LogP) is 0.241. The number of nitrogens with two attached hydrogens (primary N) is 1. The molecule has 5 nitrogen and oxygen atoms in total. The van der Waals surface area contributed by atoms with E-state index in [4.69, 9.17) is 5.73 Å². The maximum absolute atomic E-state index is 11.3. The smallest absolute Gasteiger partial charge is 0.289 e. The summed E-state index contributed by atoms with van der Waals surface area (Å²) in [6.45, 7) is 0. The minimum atomic E-state index is -0.948. The van der Waals surface area contributed by atoms with Gasteiger partial charge in [-0.1, -0.05) is 12.1 Å². The highest BCUT2D eigenvalue weighted by Gasteiger charge is 2.13. The number of benzene rings is 1. The second kappa shape index (κ2) is 3.20. The van der Waals surface area contributed by atoms with Gasteiger partial charge in [0.15, 0.2) is 0 Å². The van der Waals surface area contributed by atoms with E-state index in [1.54, 1.807) is 36.1 Å². The lowest BCUT2D eigenvalue weighted by Gasteiger charge is -1.98. The monoisotopic (exact) mass is 203 g/mol. The number of carbonyl (C=O) groups is 2. The summed E-state index contributed by atoms with van der Waals surface area (Å²) in [4.78, 5) is 22.0. The lowest BCUT2D eigenvalue weighted by Crippen LogP contribution is -2.22. The molecule has 0 spiro atoms. The van der Waals surface area contributed by atoms with Crippen LogP contribution < -0.4 is 5.73 Å². The van der Waals surface area contributed by atoms with Gasteiger partial charge in [-0.2, -0.15) is 5.10 Å². The van der Waals surface area contributed by atoms with Crippen LogP contribution in [-0.2, 0) is 11.8 Å². The third-order valence-electron chi connectivity index (χ3n) is 2.24. The Hall–Kier alpha value is -2.17. The van der Waals surface area contributed by atoms with E-state index >= 15 is 0 Å². The molecule has 76 valence electrons. The molecule has 0 radical (unpaired) electrons. The van der Waals surface area contributed by atoms with Gasteiger partial charge < -0.3 is 5.73 Å². The fraction of sp³-hybridized carbons (Fsp3) is 0.100. The van der Waals surface area contributed by atoms with Crippen LogP contribution in [0.5, 0.6) is 0 Å². The average molecular weight is 203 g/mol. The molecular weight excluding hydrogens is 194 g/mol. The van der Waals surface area contributed by atoms with Gasteiger partial charge in [-0.15, -0.1) is 0 Å². The molecule has 5 heteroatoms. The average Bonchev–Trinajstić information content (AvgIpc) is 2.59. The van der Waals surface area contributed by atoms with Gasteiger partial charge in [0.05, 0.1) is 11.7 Å². The van der Waals surface area contributed by atoms with Crippen LogP contribution in [0, 0.1) is 0 Å². The maximum Gasteiger partial charge on any atom is 0.289 e. The van der Waals surface area contributed by atoms with Crippen molar-refractivity contribution in [1.29, 1.82) is 0 Å². The molecule has 15 heavy (non-hydrogen) atoms. The van der Waals surface area contributed by atoms with Crippen molar-refractivity contribution < 1.29 is 9.59 Å². The van der Waals surface area contributed by atoms with E-state index in [2.05, 4.69) is 5.10 Å². The Morgan fingerprint density at radius 1 is 1.40 bits per heavy atom. The number of Topliss-reactive ketones (excluding diaryl/α,β-unsaturated/α-hetero) is 1. The molecule has 0 saturated carbocycles. The summed E-state index contributed by atoms with van der Waals surface area (Å²) >= 11 is 0. The molecule has 2 aromatic rings. The molecule has 0 unspecified atom stereocenters. The second-order valence-corrected chi connectivity index (χ2v) is 3.24. The van der Waals surface area contributed by atoms with Crippen LogP contribution >= 0.6 is 0 Å². The molecule has 0 aliphatic rings. The highest BCUT2D eigenvalue weighted by Crippen LogP contribution is 2.15. The van der Waals surface area contributed by atoms with Gasteiger partial charge in [0.25, 0.3) is 5.91 Å². The molecule has 2 rings (SSSR count). The van der Waals surface area contributed by atoms with Gasteiger partial charge in [-0.25, -0.2) is 0 Å². The SMILES string of the molecule is Cn1ncc2ccc(C(=O)C(N)=O)cc21. The molecular formula is C10H9N3O2. The van der Waals surface area contributed by atoms with Gasteiger partial charge in [0, 0.05) is 18.0 Å². The van der Waals surface area contributed by atoms with Crippen LogP contribution in [0.25, 0.3) is 10.9 Å². The van der Waals surface area contributed by atoms with E-state index in [1.807, 2.05) is 0 Å². The molecule has 0 bridgehead atoms. The highest BCUT2D eigenvalue weighted by molar-refractivity contribution is 6.42. The number of hydrogen-bond acceptors (Lipinski definition) is 3. The van der Waals surface area contributed by atoms with Crippen LogP contribution in [-0.4, -0.2) is 21.5 Å². The van der Waals surface area contributed by atoms with Crippen LogP contribution in [0.15, 0.2) is 24.4 Å². The first-order valence-corrected chi connectivity index (χ1v) is 4.35. The molecule has 1 amide bonds. The first kappa shape index (κ1) is 9.39. The Morgan fingerprint density at radius 2 is 2.13 bits per heavy atom. The lowest BCUT2D eigenvalue weighted by atomic mass is 10.1. The van der Waals surface area contributed by atoms with Crippen molar-refractivity contribution in [2.75, 3.05) is 0 Å². The summed E-state index contributed by atoms with van der Waals surface area (Å²) in [5.41, 5.74) is 6.00. The Morgan fingerprint density at radius 3 is 2.80 bits per heavy atom. The number of amides is 1. The summed E-state index contributed by atoms with van der Waals surface area (Å²) in [5, 5.41) is 4.95. The molecule has 0 aliphatic carbocycles. The number of carbonyl (C=O) groups excluding carboxylic acids is 2. The maximum atomic E-state index is 11.3. The molecule has 1 aromatic heterocycles. The molecule has 0 saturated heterocycles. The molecule has 2 N–H and O–H groups in total. The Labute approximate surface area is 85.5 Å². The zero-order chi connectivity index (χ0) is 11.0. The summed E-state index contributed by atoms with van der Waals surface area (Å²) < 4.78 is 1.63. The second-order valence-electron chi connectivity index (χ2n) is 3.24. The van der Waals surface area contributed by atoms with Gasteiger partial charge in [0.2, 0.25) is 5.78 Å². The largest absolute Gasteiger partial charge is 0.363 e. The van der Waals surface area contributed by atoms with E-state index in [0.29, 0.717) is 5.56 Å². The number of ketones is 1. The van der Waals surface area contributed by atoms with E-state index in [1.165, 1.54) is 0 Å². The number of aryl methyl sites for hydroxylation is 1. The van der Waals surface area contributed by atoms with Crippen LogP contribution in [0.4, 0.5) is 0 Å². The first-order chi connectivity index (χ1) is 7.09. The molecule has 1 aromatic carbocycles. The van der Waals surface area contributed by atoms with Gasteiger partial charge in [-0.3, -0.25) is 14.3 Å². The zero-order valence-corrected chi connectivity index (χ0v) is 8.10. The van der Waals surface area contributed by atoms with E-state index in [9.17, 15) is 9.59 Å². The van der Waals surface area contributed by atoms with Gasteiger partial charge >= 0.3 is 0 Å². The molecule has 1 heterocycles. The molecule has 0 fully saturated rings. The van der Waals surface area contributed by atoms with Crippen molar-refractivity contribution in [3.05, 3.63) is 30.0 Å². The third-order valence-corrected chi connectivity index (χ3v) is 2.24. The Bertz CT molecular complexity index is 557. The number of fused-ring (bicyclic) bond motifs is 1. The van der Waals surface area contributed by atoms with Gasteiger partial charge in [0.1, 0.15) is 0 Å². The highest BCUT2D eigenvalue weighted by atomic mass is 16.2. The Kier molecular flexibility index (Phi) is 2.00.